The first-order chi connectivity index (χ1) is 19.5. The number of nitrogens with zero attached hydrogens (tertiary/aromatic N) is 3. The predicted molar refractivity (Wildman–Crippen MR) is 147 cm³/mol. The number of thioether (sulfide) groups is 1. The monoisotopic (exact) mass is 579 g/mol. The summed E-state index contributed by atoms with van der Waals surface area (Å²) in [5.74, 6) is -1.90. The van der Waals surface area contributed by atoms with Crippen LogP contribution < -0.4 is 15.2 Å². The third-order valence-corrected chi connectivity index (χ3v) is 9.77. The molecule has 1 amide bonds. The fraction of sp³-hybridized carbons (Fsp3) is 0.241. The Morgan fingerprint density at radius 2 is 1.88 bits per heavy atom. The van der Waals surface area contributed by atoms with Crippen LogP contribution in [0.15, 0.2) is 75.2 Å². The molecular weight excluding hydrogens is 556 g/mol. The highest BCUT2D eigenvalue weighted by Crippen LogP contribution is 2.47. The Kier molecular flexibility index (Phi) is 6.37. The molecule has 7 rings (SSSR count). The van der Waals surface area contributed by atoms with Gasteiger partial charge in [0, 0.05) is 35.7 Å². The zero-order valence-electron chi connectivity index (χ0n) is 21.1. The molecule has 204 valence electrons. The first-order valence-corrected chi connectivity index (χ1v) is 14.7. The molecule has 0 bridgehead atoms. The molecule has 40 heavy (non-hydrogen) atoms. The molecule has 0 radical (unpaired) electrons. The number of carbonyl (C=O) groups is 1. The molecule has 2 aromatic heterocycles. The molecule has 0 N–H and O–H groups in total. The maximum absolute atomic E-state index is 15.2. The number of amides is 1. The fourth-order valence-electron chi connectivity index (χ4n) is 5.61. The largest absolute Gasteiger partial charge is 0.482 e. The van der Waals surface area contributed by atoms with Gasteiger partial charge in [-0.2, -0.15) is 0 Å². The van der Waals surface area contributed by atoms with Gasteiger partial charge in [-0.05, 0) is 28.6 Å². The number of hydrogen-bond acceptors (Lipinski definition) is 7. The highest BCUT2D eigenvalue weighted by molar-refractivity contribution is 8.00. The first kappa shape index (κ1) is 25.3. The summed E-state index contributed by atoms with van der Waals surface area (Å²) >= 11 is 3.00. The van der Waals surface area contributed by atoms with Crippen LogP contribution in [0.3, 0.4) is 0 Å². The van der Waals surface area contributed by atoms with Crippen LogP contribution in [0.5, 0.6) is 5.75 Å². The lowest BCUT2D eigenvalue weighted by Crippen LogP contribution is -2.66. The number of halogens is 2. The Balaban J connectivity index is 1.44. The lowest BCUT2D eigenvalue weighted by atomic mass is 9.94. The van der Waals surface area contributed by atoms with Gasteiger partial charge in [0.2, 0.25) is 5.43 Å². The van der Waals surface area contributed by atoms with E-state index >= 15 is 4.39 Å². The molecule has 11 heteroatoms. The van der Waals surface area contributed by atoms with Crippen LogP contribution in [-0.4, -0.2) is 41.4 Å². The summed E-state index contributed by atoms with van der Waals surface area (Å²) in [6.07, 6.45) is 1.00. The normalized spacial score (nSPS) is 19.8. The molecule has 1 saturated heterocycles. The summed E-state index contributed by atoms with van der Waals surface area (Å²) < 4.78 is 44.2. The number of benzene rings is 2. The Labute approximate surface area is 236 Å². The van der Waals surface area contributed by atoms with Gasteiger partial charge in [-0.3, -0.25) is 19.3 Å². The number of rotatable bonds is 4. The highest BCUT2D eigenvalue weighted by Gasteiger charge is 2.46. The Hall–Kier alpha value is -3.67. The predicted octanol–water partition coefficient (Wildman–Crippen LogP) is 4.91. The lowest BCUT2D eigenvalue weighted by Gasteiger charge is -2.51. The van der Waals surface area contributed by atoms with Crippen LogP contribution in [0.2, 0.25) is 0 Å². The molecule has 1 fully saturated rings. The van der Waals surface area contributed by atoms with Gasteiger partial charge in [0.1, 0.15) is 18.8 Å². The average Bonchev–Trinajstić information content (AvgIpc) is 3.38. The molecule has 0 saturated carbocycles. The second kappa shape index (κ2) is 10.1. The number of ether oxygens (including phenoxy) is 2. The van der Waals surface area contributed by atoms with E-state index in [1.54, 1.807) is 21.8 Å². The van der Waals surface area contributed by atoms with Crippen molar-refractivity contribution >= 4 is 29.0 Å². The van der Waals surface area contributed by atoms with Crippen LogP contribution >= 0.6 is 23.1 Å². The van der Waals surface area contributed by atoms with E-state index in [9.17, 15) is 14.0 Å². The van der Waals surface area contributed by atoms with Crippen LogP contribution in [0.25, 0.3) is 0 Å². The van der Waals surface area contributed by atoms with Crippen molar-refractivity contribution in [2.75, 3.05) is 24.8 Å². The standard InChI is InChI=1S/C29H23F2N3O4S2/c30-21-7-6-18-20(24(21)31)16-40-29-19(9-13-39-29)25(18)34-23-15-37-12-11-32(23)28(36)26-27(22(35)8-10-33(26)34)38-14-17-4-2-1-3-5-17/h1-10,13,23,25H,11-12,14-16H2/t23-,25-/m1/s1. The van der Waals surface area contributed by atoms with Crippen molar-refractivity contribution < 1.29 is 23.0 Å². The quantitative estimate of drug-likeness (QED) is 0.343. The van der Waals surface area contributed by atoms with Crippen LogP contribution in [-0.2, 0) is 17.1 Å². The van der Waals surface area contributed by atoms with Gasteiger partial charge in [-0.25, -0.2) is 8.78 Å². The fourth-order valence-corrected chi connectivity index (χ4v) is 7.80. The van der Waals surface area contributed by atoms with E-state index in [1.807, 2.05) is 46.8 Å². The summed E-state index contributed by atoms with van der Waals surface area (Å²) in [6.45, 7) is 0.965. The van der Waals surface area contributed by atoms with Crippen LogP contribution in [0, 0.1) is 11.6 Å². The third kappa shape index (κ3) is 4.03. The zero-order chi connectivity index (χ0) is 27.4. The summed E-state index contributed by atoms with van der Waals surface area (Å²) in [7, 11) is 0. The first-order valence-electron chi connectivity index (χ1n) is 12.8. The highest BCUT2D eigenvalue weighted by atomic mass is 32.2. The molecule has 0 spiro atoms. The average molecular weight is 580 g/mol. The van der Waals surface area contributed by atoms with Crippen molar-refractivity contribution in [1.82, 2.24) is 9.58 Å². The lowest BCUT2D eigenvalue weighted by molar-refractivity contribution is -0.0199. The molecule has 3 aliphatic rings. The maximum Gasteiger partial charge on any atom is 0.278 e. The number of thiophene rings is 1. The smallest absolute Gasteiger partial charge is 0.278 e. The van der Waals surface area contributed by atoms with E-state index in [-0.39, 0.29) is 41.9 Å². The third-order valence-electron chi connectivity index (χ3n) is 7.47. The SMILES string of the molecule is O=C1c2c(OCc3ccccc3)c(=O)ccn2N([C@H]2c3ccsc3SCc3c2ccc(F)c3F)[C@@H]2COCCN12. The summed E-state index contributed by atoms with van der Waals surface area (Å²) in [6, 6.07) is 14.9. The Morgan fingerprint density at radius 1 is 1.02 bits per heavy atom. The van der Waals surface area contributed by atoms with Crippen molar-refractivity contribution in [2.45, 2.75) is 28.8 Å². The summed E-state index contributed by atoms with van der Waals surface area (Å²) in [5, 5.41) is 3.92. The zero-order valence-corrected chi connectivity index (χ0v) is 22.7. The van der Waals surface area contributed by atoms with Crippen LogP contribution in [0.1, 0.15) is 38.8 Å². The number of pyridine rings is 1. The number of hydrogen-bond donors (Lipinski definition) is 0. The molecule has 2 atom stereocenters. The van der Waals surface area contributed by atoms with Crippen molar-refractivity contribution in [2.24, 2.45) is 0 Å². The van der Waals surface area contributed by atoms with E-state index < -0.39 is 29.3 Å². The van der Waals surface area contributed by atoms with Gasteiger partial charge < -0.3 is 14.4 Å². The topological polar surface area (TPSA) is 64.0 Å². The van der Waals surface area contributed by atoms with Crippen molar-refractivity contribution in [3.63, 3.8) is 0 Å². The molecule has 4 aromatic rings. The van der Waals surface area contributed by atoms with E-state index in [2.05, 4.69) is 0 Å². The minimum atomic E-state index is -0.902. The Morgan fingerprint density at radius 3 is 2.73 bits per heavy atom. The van der Waals surface area contributed by atoms with Gasteiger partial charge in [-0.1, -0.05) is 36.4 Å². The van der Waals surface area contributed by atoms with E-state index in [0.29, 0.717) is 18.7 Å². The van der Waals surface area contributed by atoms with Crippen LogP contribution in [0.4, 0.5) is 8.78 Å². The van der Waals surface area contributed by atoms with E-state index in [4.69, 9.17) is 9.47 Å². The van der Waals surface area contributed by atoms with E-state index in [1.165, 1.54) is 29.2 Å². The van der Waals surface area contributed by atoms with Crippen molar-refractivity contribution in [3.8, 4) is 5.75 Å². The van der Waals surface area contributed by atoms with Gasteiger partial charge in [0.15, 0.2) is 23.1 Å². The second-order valence-corrected chi connectivity index (χ2v) is 11.9. The van der Waals surface area contributed by atoms with E-state index in [0.717, 1.165) is 21.4 Å². The minimum absolute atomic E-state index is 0.0506. The molecule has 5 heterocycles. The second-order valence-electron chi connectivity index (χ2n) is 9.69. The molecular formula is C29H23F2N3O4S2. The number of aromatic nitrogens is 1. The van der Waals surface area contributed by atoms with Gasteiger partial charge in [0.05, 0.1) is 17.4 Å². The minimum Gasteiger partial charge on any atom is -0.482 e. The molecule has 7 nitrogen and oxygen atoms in total. The Bertz CT molecular complexity index is 1680. The van der Waals surface area contributed by atoms with Gasteiger partial charge in [0.25, 0.3) is 5.91 Å². The molecule has 3 aliphatic heterocycles. The summed E-state index contributed by atoms with van der Waals surface area (Å²) in [5.41, 5.74) is 2.32. The van der Waals surface area contributed by atoms with Crippen molar-refractivity contribution in [1.29, 1.82) is 0 Å². The number of carbonyl (C=O) groups excluding carboxylic acids is 1. The maximum atomic E-state index is 15.2. The van der Waals surface area contributed by atoms with Gasteiger partial charge >= 0.3 is 0 Å². The number of fused-ring (bicyclic) bond motifs is 4. The molecule has 2 aromatic carbocycles. The van der Waals surface area contributed by atoms with Gasteiger partial charge in [-0.15, -0.1) is 23.1 Å². The molecule has 0 unspecified atom stereocenters. The number of morpholine rings is 1. The molecule has 0 aliphatic carbocycles. The van der Waals surface area contributed by atoms with Crippen molar-refractivity contribution in [3.05, 3.63) is 116 Å². The summed E-state index contributed by atoms with van der Waals surface area (Å²) in [4.78, 5) is 28.8.